The number of hydrogen-bond donors (Lipinski definition) is 1. The minimum absolute atomic E-state index is 0.766. The van der Waals surface area contributed by atoms with Crippen LogP contribution in [-0.2, 0) is 12.8 Å². The summed E-state index contributed by atoms with van der Waals surface area (Å²) in [6.45, 7) is 3.51. The molecule has 4 heterocycles. The molecule has 0 bridgehead atoms. The van der Waals surface area contributed by atoms with E-state index >= 15 is 0 Å². The minimum atomic E-state index is 0.766. The third-order valence-corrected chi connectivity index (χ3v) is 4.44. The standard InChI is InChI=1S/C20H21N5O/c1-14-4-5-16(12-23-14)18-11-19(25-13-24-18)22-9-7-15-6-8-21-17-3-2-10-26-20(15)17/h4-6,8,11-13H,2-3,7,9-10H2,1H3,(H,22,24,25). The summed E-state index contributed by atoms with van der Waals surface area (Å²) >= 11 is 0. The number of nitrogens with zero attached hydrogens (tertiary/aromatic N) is 4. The van der Waals surface area contributed by atoms with Crippen molar-refractivity contribution in [2.24, 2.45) is 0 Å². The fraction of sp³-hybridized carbons (Fsp3) is 0.300. The van der Waals surface area contributed by atoms with E-state index in [-0.39, 0.29) is 0 Å². The summed E-state index contributed by atoms with van der Waals surface area (Å²) in [6.07, 6.45) is 8.18. The second-order valence-electron chi connectivity index (χ2n) is 6.35. The second kappa shape index (κ2) is 7.47. The van der Waals surface area contributed by atoms with Gasteiger partial charge in [-0.25, -0.2) is 9.97 Å². The zero-order chi connectivity index (χ0) is 17.8. The van der Waals surface area contributed by atoms with Gasteiger partial charge in [0.15, 0.2) is 0 Å². The quantitative estimate of drug-likeness (QED) is 0.764. The van der Waals surface area contributed by atoms with Gasteiger partial charge in [-0.3, -0.25) is 9.97 Å². The van der Waals surface area contributed by atoms with E-state index in [2.05, 4.69) is 25.3 Å². The molecule has 0 fully saturated rings. The largest absolute Gasteiger partial charge is 0.491 e. The Labute approximate surface area is 152 Å². The van der Waals surface area contributed by atoms with Crippen LogP contribution >= 0.6 is 0 Å². The maximum Gasteiger partial charge on any atom is 0.144 e. The van der Waals surface area contributed by atoms with Crippen molar-refractivity contribution in [1.29, 1.82) is 0 Å². The van der Waals surface area contributed by atoms with Crippen LogP contribution in [0.5, 0.6) is 5.75 Å². The molecule has 6 heteroatoms. The van der Waals surface area contributed by atoms with Crippen LogP contribution < -0.4 is 10.1 Å². The molecule has 0 atom stereocenters. The van der Waals surface area contributed by atoms with E-state index in [0.717, 1.165) is 66.6 Å². The van der Waals surface area contributed by atoms with Gasteiger partial charge in [0, 0.05) is 36.3 Å². The van der Waals surface area contributed by atoms with Crippen LogP contribution in [-0.4, -0.2) is 33.1 Å². The predicted octanol–water partition coefficient (Wildman–Crippen LogP) is 3.22. The normalized spacial score (nSPS) is 13.0. The van der Waals surface area contributed by atoms with Crippen molar-refractivity contribution >= 4 is 5.82 Å². The number of aryl methyl sites for hydroxylation is 2. The summed E-state index contributed by atoms with van der Waals surface area (Å²) in [5.41, 5.74) is 5.10. The third-order valence-electron chi connectivity index (χ3n) is 4.44. The lowest BCUT2D eigenvalue weighted by atomic mass is 10.1. The van der Waals surface area contributed by atoms with Crippen LogP contribution in [0.2, 0.25) is 0 Å². The van der Waals surface area contributed by atoms with Gasteiger partial charge in [0.25, 0.3) is 0 Å². The minimum Gasteiger partial charge on any atom is -0.491 e. The van der Waals surface area contributed by atoms with E-state index in [4.69, 9.17) is 4.74 Å². The van der Waals surface area contributed by atoms with Gasteiger partial charge in [0.2, 0.25) is 0 Å². The van der Waals surface area contributed by atoms with Crippen molar-refractivity contribution in [2.75, 3.05) is 18.5 Å². The van der Waals surface area contributed by atoms with Gasteiger partial charge in [-0.2, -0.15) is 0 Å². The average molecular weight is 347 g/mol. The first-order valence-corrected chi connectivity index (χ1v) is 8.88. The SMILES string of the molecule is Cc1ccc(-c2cc(NCCc3ccnc4c3OCCC4)ncn2)cn1. The van der Waals surface area contributed by atoms with Crippen molar-refractivity contribution in [1.82, 2.24) is 19.9 Å². The predicted molar refractivity (Wildman–Crippen MR) is 100 cm³/mol. The van der Waals surface area contributed by atoms with E-state index in [1.165, 1.54) is 5.56 Å². The van der Waals surface area contributed by atoms with Gasteiger partial charge in [-0.15, -0.1) is 0 Å². The van der Waals surface area contributed by atoms with Crippen LogP contribution in [0.4, 0.5) is 5.82 Å². The highest BCUT2D eigenvalue weighted by atomic mass is 16.5. The zero-order valence-corrected chi connectivity index (χ0v) is 14.8. The third kappa shape index (κ3) is 3.64. The molecule has 4 rings (SSSR count). The summed E-state index contributed by atoms with van der Waals surface area (Å²) in [5, 5.41) is 3.37. The molecule has 0 saturated carbocycles. The van der Waals surface area contributed by atoms with Crippen LogP contribution in [0.1, 0.15) is 23.4 Å². The van der Waals surface area contributed by atoms with Crippen LogP contribution in [0.15, 0.2) is 43.0 Å². The van der Waals surface area contributed by atoms with Gasteiger partial charge in [0.05, 0.1) is 18.0 Å². The molecule has 0 saturated heterocycles. The van der Waals surface area contributed by atoms with Crippen molar-refractivity contribution in [3.63, 3.8) is 0 Å². The van der Waals surface area contributed by atoms with Crippen LogP contribution in [0.25, 0.3) is 11.3 Å². The summed E-state index contributed by atoms with van der Waals surface area (Å²) in [4.78, 5) is 17.4. The van der Waals surface area contributed by atoms with Crippen molar-refractivity contribution in [3.05, 3.63) is 59.9 Å². The molecule has 1 aliphatic heterocycles. The number of fused-ring (bicyclic) bond motifs is 1. The Morgan fingerprint density at radius 2 is 2.08 bits per heavy atom. The van der Waals surface area contributed by atoms with Gasteiger partial charge in [-0.05, 0) is 49.9 Å². The molecule has 1 aliphatic rings. The molecular weight excluding hydrogens is 326 g/mol. The number of nitrogens with one attached hydrogen (secondary N) is 1. The lowest BCUT2D eigenvalue weighted by Gasteiger charge is -2.19. The molecule has 0 aliphatic carbocycles. The molecular formula is C20H21N5O. The molecule has 1 N–H and O–H groups in total. The first kappa shape index (κ1) is 16.4. The Bertz CT molecular complexity index is 895. The van der Waals surface area contributed by atoms with E-state index < -0.39 is 0 Å². The molecule has 0 amide bonds. The fourth-order valence-corrected chi connectivity index (χ4v) is 3.06. The Balaban J connectivity index is 1.43. The number of aromatic nitrogens is 4. The first-order valence-electron chi connectivity index (χ1n) is 8.88. The van der Waals surface area contributed by atoms with Gasteiger partial charge in [-0.1, -0.05) is 0 Å². The number of ether oxygens (including phenoxy) is 1. The smallest absolute Gasteiger partial charge is 0.144 e. The number of rotatable bonds is 5. The molecule has 3 aromatic heterocycles. The Morgan fingerprint density at radius 1 is 1.12 bits per heavy atom. The summed E-state index contributed by atoms with van der Waals surface area (Å²) in [5.74, 6) is 1.77. The summed E-state index contributed by atoms with van der Waals surface area (Å²) in [7, 11) is 0. The highest BCUT2D eigenvalue weighted by molar-refractivity contribution is 5.61. The molecule has 26 heavy (non-hydrogen) atoms. The lowest BCUT2D eigenvalue weighted by Crippen LogP contribution is -2.14. The molecule has 0 aromatic carbocycles. The highest BCUT2D eigenvalue weighted by Gasteiger charge is 2.15. The van der Waals surface area contributed by atoms with Crippen molar-refractivity contribution in [3.8, 4) is 17.0 Å². The molecule has 0 unspecified atom stereocenters. The molecule has 3 aromatic rings. The Kier molecular flexibility index (Phi) is 4.73. The molecule has 6 nitrogen and oxygen atoms in total. The maximum absolute atomic E-state index is 5.82. The van der Waals surface area contributed by atoms with E-state index in [0.29, 0.717) is 0 Å². The van der Waals surface area contributed by atoms with E-state index in [1.54, 1.807) is 6.33 Å². The first-order chi connectivity index (χ1) is 12.8. The van der Waals surface area contributed by atoms with Crippen molar-refractivity contribution < 1.29 is 4.74 Å². The lowest BCUT2D eigenvalue weighted by molar-refractivity contribution is 0.282. The summed E-state index contributed by atoms with van der Waals surface area (Å²) in [6, 6.07) is 7.99. The van der Waals surface area contributed by atoms with Crippen LogP contribution in [0.3, 0.4) is 0 Å². The Hall–Kier alpha value is -3.02. The van der Waals surface area contributed by atoms with Crippen molar-refractivity contribution in [2.45, 2.75) is 26.2 Å². The summed E-state index contributed by atoms with van der Waals surface area (Å²) < 4.78 is 5.82. The highest BCUT2D eigenvalue weighted by Crippen LogP contribution is 2.27. The maximum atomic E-state index is 5.82. The van der Waals surface area contributed by atoms with Gasteiger partial charge >= 0.3 is 0 Å². The molecule has 132 valence electrons. The number of pyridine rings is 2. The van der Waals surface area contributed by atoms with Crippen LogP contribution in [0, 0.1) is 6.92 Å². The molecule has 0 radical (unpaired) electrons. The van der Waals surface area contributed by atoms with Gasteiger partial charge < -0.3 is 10.1 Å². The second-order valence-corrected chi connectivity index (χ2v) is 6.35. The number of anilines is 1. The fourth-order valence-electron chi connectivity index (χ4n) is 3.06. The monoisotopic (exact) mass is 347 g/mol. The molecule has 0 spiro atoms. The Morgan fingerprint density at radius 3 is 2.96 bits per heavy atom. The average Bonchev–Trinajstić information content (AvgIpc) is 2.69. The zero-order valence-electron chi connectivity index (χ0n) is 14.8. The van der Waals surface area contributed by atoms with E-state index in [9.17, 15) is 0 Å². The number of hydrogen-bond acceptors (Lipinski definition) is 6. The van der Waals surface area contributed by atoms with E-state index in [1.807, 2.05) is 43.6 Å². The topological polar surface area (TPSA) is 72.8 Å². The van der Waals surface area contributed by atoms with Gasteiger partial charge in [0.1, 0.15) is 17.9 Å².